The van der Waals surface area contributed by atoms with Crippen LogP contribution in [-0.4, -0.2) is 4.57 Å². The maximum Gasteiger partial charge on any atom is 0.136 e. The Morgan fingerprint density at radius 2 is 1.40 bits per heavy atom. The number of benzene rings is 6. The Kier molecular flexibility index (Phi) is 5.13. The maximum atomic E-state index is 9.55. The Bertz CT molecular complexity index is 2450. The van der Waals surface area contributed by atoms with Gasteiger partial charge in [-0.1, -0.05) is 66.7 Å². The summed E-state index contributed by atoms with van der Waals surface area (Å²) in [7, 11) is 0. The number of para-hydroxylation sites is 2. The fourth-order valence-electron chi connectivity index (χ4n) is 6.83. The minimum Gasteiger partial charge on any atom is -0.456 e. The molecule has 0 unspecified atom stereocenters. The standard InChI is InChI=1S/C39H24N2O2/c40-21-24-12-17-36-34(18-24)31-6-1-3-9-35(31)41(36)28-15-13-26-22-42-23-27-19-25(14-16-29(27)33(26)20-28)30-8-5-11-38-39(30)32-7-2-4-10-37(32)43-38/h1-20H,22-23H2. The first-order chi connectivity index (χ1) is 21.3. The van der Waals surface area contributed by atoms with Gasteiger partial charge in [0, 0.05) is 27.2 Å². The molecule has 2 aromatic heterocycles. The monoisotopic (exact) mass is 552 g/mol. The molecule has 0 spiro atoms. The van der Waals surface area contributed by atoms with Crippen LogP contribution >= 0.6 is 0 Å². The number of nitrogens with zero attached hydrogens (tertiary/aromatic N) is 2. The average molecular weight is 553 g/mol. The minimum absolute atomic E-state index is 0.543. The van der Waals surface area contributed by atoms with Crippen LogP contribution in [0.25, 0.3) is 71.7 Å². The largest absolute Gasteiger partial charge is 0.456 e. The highest BCUT2D eigenvalue weighted by molar-refractivity contribution is 6.12. The Balaban J connectivity index is 1.23. The Hall–Kier alpha value is -5.63. The third-order valence-electron chi connectivity index (χ3n) is 8.78. The number of rotatable bonds is 2. The molecule has 0 saturated carbocycles. The van der Waals surface area contributed by atoms with Crippen molar-refractivity contribution in [2.45, 2.75) is 13.2 Å². The zero-order valence-electron chi connectivity index (χ0n) is 23.2. The van der Waals surface area contributed by atoms with Crippen LogP contribution in [0.3, 0.4) is 0 Å². The van der Waals surface area contributed by atoms with E-state index in [4.69, 9.17) is 9.15 Å². The molecule has 1 aliphatic heterocycles. The molecular formula is C39H24N2O2. The maximum absolute atomic E-state index is 9.55. The first kappa shape index (κ1) is 24.0. The normalized spacial score (nSPS) is 12.8. The van der Waals surface area contributed by atoms with E-state index in [-0.39, 0.29) is 0 Å². The predicted molar refractivity (Wildman–Crippen MR) is 172 cm³/mol. The number of hydrogen-bond acceptors (Lipinski definition) is 3. The molecule has 3 heterocycles. The van der Waals surface area contributed by atoms with E-state index in [0.717, 1.165) is 60.6 Å². The fraction of sp³-hybridized carbons (Fsp3) is 0.0513. The molecule has 0 fully saturated rings. The summed E-state index contributed by atoms with van der Waals surface area (Å²) in [5.74, 6) is 0. The SMILES string of the molecule is N#Cc1ccc2c(c1)c1ccccc1n2-c1ccc2c(c1)-c1ccc(-c3cccc4oc5ccccc5c34)cc1COC2. The number of nitriles is 1. The van der Waals surface area contributed by atoms with Gasteiger partial charge in [-0.25, -0.2) is 0 Å². The summed E-state index contributed by atoms with van der Waals surface area (Å²) in [6.45, 7) is 1.10. The van der Waals surface area contributed by atoms with Gasteiger partial charge in [-0.05, 0) is 88.0 Å². The molecule has 9 rings (SSSR count). The van der Waals surface area contributed by atoms with Crippen molar-refractivity contribution in [2.75, 3.05) is 0 Å². The highest BCUT2D eigenvalue weighted by Crippen LogP contribution is 2.41. The lowest BCUT2D eigenvalue weighted by Gasteiger charge is -2.15. The van der Waals surface area contributed by atoms with Gasteiger partial charge in [0.2, 0.25) is 0 Å². The first-order valence-electron chi connectivity index (χ1n) is 14.4. The first-order valence-corrected chi connectivity index (χ1v) is 14.4. The van der Waals surface area contributed by atoms with Crippen LogP contribution in [0.4, 0.5) is 0 Å². The zero-order valence-corrected chi connectivity index (χ0v) is 23.2. The molecule has 8 aromatic rings. The Labute approximate surface area is 247 Å². The van der Waals surface area contributed by atoms with Gasteiger partial charge in [-0.15, -0.1) is 0 Å². The molecule has 0 saturated heterocycles. The van der Waals surface area contributed by atoms with Gasteiger partial charge < -0.3 is 13.7 Å². The molecule has 202 valence electrons. The number of ether oxygens (including phenoxy) is 1. The van der Waals surface area contributed by atoms with E-state index < -0.39 is 0 Å². The summed E-state index contributed by atoms with van der Waals surface area (Å²) < 4.78 is 14.7. The quantitative estimate of drug-likeness (QED) is 0.214. The molecule has 0 radical (unpaired) electrons. The van der Waals surface area contributed by atoms with Gasteiger partial charge in [-0.2, -0.15) is 5.26 Å². The summed E-state index contributed by atoms with van der Waals surface area (Å²) in [6.07, 6.45) is 0. The van der Waals surface area contributed by atoms with Crippen molar-refractivity contribution < 1.29 is 9.15 Å². The van der Waals surface area contributed by atoms with Crippen molar-refractivity contribution in [2.24, 2.45) is 0 Å². The second-order valence-electron chi connectivity index (χ2n) is 11.2. The molecule has 0 atom stereocenters. The van der Waals surface area contributed by atoms with Crippen LogP contribution in [0, 0.1) is 11.3 Å². The van der Waals surface area contributed by atoms with E-state index in [1.165, 1.54) is 22.3 Å². The van der Waals surface area contributed by atoms with Crippen molar-refractivity contribution >= 4 is 43.7 Å². The van der Waals surface area contributed by atoms with Crippen LogP contribution in [0.2, 0.25) is 0 Å². The van der Waals surface area contributed by atoms with Crippen LogP contribution in [0.5, 0.6) is 0 Å². The number of aromatic nitrogens is 1. The van der Waals surface area contributed by atoms with Gasteiger partial charge >= 0.3 is 0 Å². The number of fused-ring (bicyclic) bond motifs is 9. The Morgan fingerprint density at radius 3 is 2.33 bits per heavy atom. The van der Waals surface area contributed by atoms with E-state index in [1.807, 2.05) is 30.3 Å². The molecule has 0 N–H and O–H groups in total. The van der Waals surface area contributed by atoms with Crippen LogP contribution < -0.4 is 0 Å². The summed E-state index contributed by atoms with van der Waals surface area (Å²) in [6, 6.07) is 44.6. The van der Waals surface area contributed by atoms with E-state index in [1.54, 1.807) is 0 Å². The molecule has 0 bridgehead atoms. The van der Waals surface area contributed by atoms with Crippen molar-refractivity contribution in [3.63, 3.8) is 0 Å². The topological polar surface area (TPSA) is 51.1 Å². The van der Waals surface area contributed by atoms with Gasteiger partial charge in [0.05, 0.1) is 35.9 Å². The van der Waals surface area contributed by atoms with E-state index >= 15 is 0 Å². The molecule has 0 amide bonds. The van der Waals surface area contributed by atoms with Gasteiger partial charge in [0.1, 0.15) is 11.2 Å². The fourth-order valence-corrected chi connectivity index (χ4v) is 6.83. The minimum atomic E-state index is 0.543. The van der Waals surface area contributed by atoms with Gasteiger partial charge in [-0.3, -0.25) is 0 Å². The molecule has 43 heavy (non-hydrogen) atoms. The van der Waals surface area contributed by atoms with E-state index in [0.29, 0.717) is 18.8 Å². The lowest BCUT2D eigenvalue weighted by atomic mass is 9.92. The second-order valence-corrected chi connectivity index (χ2v) is 11.2. The molecule has 4 heteroatoms. The molecule has 6 aromatic carbocycles. The Morgan fingerprint density at radius 1 is 0.581 bits per heavy atom. The lowest BCUT2D eigenvalue weighted by molar-refractivity contribution is 0.110. The second kappa shape index (κ2) is 9.19. The highest BCUT2D eigenvalue weighted by Gasteiger charge is 2.20. The third kappa shape index (κ3) is 3.59. The molecular weight excluding hydrogens is 528 g/mol. The predicted octanol–water partition coefficient (Wildman–Crippen LogP) is 9.92. The van der Waals surface area contributed by atoms with Crippen LogP contribution in [-0.2, 0) is 18.0 Å². The van der Waals surface area contributed by atoms with Crippen LogP contribution in [0.15, 0.2) is 126 Å². The summed E-state index contributed by atoms with van der Waals surface area (Å²) in [4.78, 5) is 0. The summed E-state index contributed by atoms with van der Waals surface area (Å²) in [5.41, 5.74) is 12.8. The van der Waals surface area contributed by atoms with E-state index in [2.05, 4.69) is 102 Å². The molecule has 0 aliphatic carbocycles. The van der Waals surface area contributed by atoms with Crippen molar-refractivity contribution in [3.05, 3.63) is 138 Å². The number of furan rings is 1. The summed E-state index contributed by atoms with van der Waals surface area (Å²) in [5, 5.41) is 14.0. The molecule has 4 nitrogen and oxygen atoms in total. The third-order valence-corrected chi connectivity index (χ3v) is 8.78. The van der Waals surface area contributed by atoms with Crippen molar-refractivity contribution in [3.8, 4) is 34.0 Å². The summed E-state index contributed by atoms with van der Waals surface area (Å²) >= 11 is 0. The smallest absolute Gasteiger partial charge is 0.136 e. The highest BCUT2D eigenvalue weighted by atomic mass is 16.5. The van der Waals surface area contributed by atoms with Crippen LogP contribution in [0.1, 0.15) is 16.7 Å². The average Bonchev–Trinajstić information content (AvgIpc) is 3.54. The number of hydrogen-bond donors (Lipinski definition) is 0. The van der Waals surface area contributed by atoms with Gasteiger partial charge in [0.25, 0.3) is 0 Å². The molecule has 1 aliphatic rings. The van der Waals surface area contributed by atoms with Crippen molar-refractivity contribution in [1.82, 2.24) is 4.57 Å². The van der Waals surface area contributed by atoms with Crippen molar-refractivity contribution in [1.29, 1.82) is 5.26 Å². The lowest BCUT2D eigenvalue weighted by Crippen LogP contribution is -1.97. The van der Waals surface area contributed by atoms with Gasteiger partial charge in [0.15, 0.2) is 0 Å². The zero-order chi connectivity index (χ0) is 28.5. The van der Waals surface area contributed by atoms with E-state index in [9.17, 15) is 5.26 Å².